The molecule has 4 rings (SSSR count). The fourth-order valence-corrected chi connectivity index (χ4v) is 4.28. The molecular weight excluding hydrogens is 347 g/mol. The van der Waals surface area contributed by atoms with E-state index < -0.39 is 6.10 Å². The predicted octanol–water partition coefficient (Wildman–Crippen LogP) is 2.25. The van der Waals surface area contributed by atoms with Gasteiger partial charge in [-0.15, -0.1) is 0 Å². The molecule has 1 saturated heterocycles. The summed E-state index contributed by atoms with van der Waals surface area (Å²) in [5, 5.41) is 13.8. The number of nitrogens with zero attached hydrogens (tertiary/aromatic N) is 3. The topological polar surface area (TPSA) is 78.4 Å². The van der Waals surface area contributed by atoms with Crippen LogP contribution in [0.5, 0.6) is 0 Å². The minimum absolute atomic E-state index is 0.0691. The van der Waals surface area contributed by atoms with Crippen molar-refractivity contribution in [3.8, 4) is 0 Å². The number of anilines is 1. The van der Waals surface area contributed by atoms with E-state index >= 15 is 0 Å². The first-order valence-corrected chi connectivity index (χ1v) is 9.27. The van der Waals surface area contributed by atoms with E-state index in [9.17, 15) is 14.3 Å². The molecule has 27 heavy (non-hydrogen) atoms. The maximum Gasteiger partial charge on any atom is 0.253 e. The average molecular weight is 370 g/mol. The zero-order valence-electron chi connectivity index (χ0n) is 15.2. The van der Waals surface area contributed by atoms with Gasteiger partial charge < -0.3 is 15.3 Å². The molecule has 1 aromatic heterocycles. The fraction of sp³-hybridized carbons (Fsp3) is 0.450. The van der Waals surface area contributed by atoms with Gasteiger partial charge in [0.1, 0.15) is 11.6 Å². The molecule has 2 N–H and O–H groups in total. The maximum atomic E-state index is 13.5. The van der Waals surface area contributed by atoms with E-state index in [1.807, 2.05) is 4.90 Å². The van der Waals surface area contributed by atoms with Gasteiger partial charge in [0, 0.05) is 31.0 Å². The fourth-order valence-electron chi connectivity index (χ4n) is 4.28. The van der Waals surface area contributed by atoms with Gasteiger partial charge in [-0.2, -0.15) is 0 Å². The number of likely N-dealkylation sites (tertiary alicyclic amines) is 1. The first-order chi connectivity index (χ1) is 13.0. The SMILES string of the molecule is Cc1cc(C(=O)N2C[C@H]3C[C@@H](Nc4cnccn4)[C@H](O)C[C@H]3C2)ccc1F. The summed E-state index contributed by atoms with van der Waals surface area (Å²) in [6.45, 7) is 2.95. The molecule has 0 unspecified atom stereocenters. The number of benzene rings is 1. The normalized spacial score (nSPS) is 27.3. The van der Waals surface area contributed by atoms with Crippen molar-refractivity contribution in [3.05, 3.63) is 53.7 Å². The molecule has 0 spiro atoms. The lowest BCUT2D eigenvalue weighted by atomic mass is 9.77. The maximum absolute atomic E-state index is 13.5. The van der Waals surface area contributed by atoms with Crippen LogP contribution in [-0.4, -0.2) is 51.1 Å². The molecule has 1 amide bonds. The quantitative estimate of drug-likeness (QED) is 0.866. The Bertz CT molecular complexity index is 832. The number of halogens is 1. The zero-order valence-corrected chi connectivity index (χ0v) is 15.2. The molecule has 0 bridgehead atoms. The Morgan fingerprint density at radius 3 is 2.74 bits per heavy atom. The van der Waals surface area contributed by atoms with Crippen LogP contribution in [0.15, 0.2) is 36.8 Å². The molecule has 142 valence electrons. The Morgan fingerprint density at radius 1 is 1.26 bits per heavy atom. The van der Waals surface area contributed by atoms with Crippen LogP contribution < -0.4 is 5.32 Å². The van der Waals surface area contributed by atoms with Crippen molar-refractivity contribution in [3.63, 3.8) is 0 Å². The molecule has 1 aliphatic heterocycles. The highest BCUT2D eigenvalue weighted by atomic mass is 19.1. The van der Waals surface area contributed by atoms with Crippen molar-refractivity contribution in [1.82, 2.24) is 14.9 Å². The molecule has 2 aromatic rings. The number of carbonyl (C=O) groups excluding carboxylic acids is 1. The number of aliphatic hydroxyl groups excluding tert-OH is 1. The van der Waals surface area contributed by atoms with E-state index in [0.717, 1.165) is 6.42 Å². The van der Waals surface area contributed by atoms with E-state index in [2.05, 4.69) is 15.3 Å². The van der Waals surface area contributed by atoms with Crippen LogP contribution in [0, 0.1) is 24.6 Å². The van der Waals surface area contributed by atoms with Gasteiger partial charge in [0.05, 0.1) is 18.3 Å². The standard InChI is InChI=1S/C20H23FN4O2/c1-12-6-13(2-3-16(12)21)20(27)25-10-14-7-17(18(26)8-15(14)11-25)24-19-9-22-4-5-23-19/h2-6,9,14-15,17-18,26H,7-8,10-11H2,1H3,(H,23,24)/t14-,15+,17-,18-/m1/s1. The van der Waals surface area contributed by atoms with Crippen molar-refractivity contribution < 1.29 is 14.3 Å². The van der Waals surface area contributed by atoms with Crippen LogP contribution in [0.4, 0.5) is 10.2 Å². The summed E-state index contributed by atoms with van der Waals surface area (Å²) < 4.78 is 13.5. The number of amides is 1. The second-order valence-corrected chi connectivity index (χ2v) is 7.57. The number of hydrogen-bond donors (Lipinski definition) is 2. The Morgan fingerprint density at radius 2 is 2.04 bits per heavy atom. The summed E-state index contributed by atoms with van der Waals surface area (Å²) in [5.41, 5.74) is 0.989. The number of hydrogen-bond acceptors (Lipinski definition) is 5. The first-order valence-electron chi connectivity index (χ1n) is 9.27. The third kappa shape index (κ3) is 3.64. The van der Waals surface area contributed by atoms with Gasteiger partial charge in [-0.25, -0.2) is 9.37 Å². The van der Waals surface area contributed by atoms with Crippen LogP contribution in [0.2, 0.25) is 0 Å². The van der Waals surface area contributed by atoms with Gasteiger partial charge in [0.15, 0.2) is 0 Å². The molecule has 7 heteroatoms. The van der Waals surface area contributed by atoms with Crippen molar-refractivity contribution in [2.45, 2.75) is 31.9 Å². The number of nitrogens with one attached hydrogen (secondary N) is 1. The largest absolute Gasteiger partial charge is 0.391 e. The number of aliphatic hydroxyl groups is 1. The van der Waals surface area contributed by atoms with Gasteiger partial charge >= 0.3 is 0 Å². The number of aromatic nitrogens is 2. The third-order valence-corrected chi connectivity index (χ3v) is 5.73. The molecule has 2 heterocycles. The van der Waals surface area contributed by atoms with Crippen molar-refractivity contribution >= 4 is 11.7 Å². The molecule has 2 aliphatic rings. The molecule has 6 nitrogen and oxygen atoms in total. The van der Waals surface area contributed by atoms with E-state index in [0.29, 0.717) is 42.4 Å². The van der Waals surface area contributed by atoms with Crippen LogP contribution in [-0.2, 0) is 0 Å². The van der Waals surface area contributed by atoms with Crippen LogP contribution in [0.1, 0.15) is 28.8 Å². The van der Waals surface area contributed by atoms with E-state index in [-0.39, 0.29) is 23.7 Å². The second kappa shape index (κ2) is 7.23. The highest BCUT2D eigenvalue weighted by Crippen LogP contribution is 2.38. The molecule has 1 aromatic carbocycles. The van der Waals surface area contributed by atoms with Crippen LogP contribution in [0.3, 0.4) is 0 Å². The van der Waals surface area contributed by atoms with E-state index in [1.54, 1.807) is 37.6 Å². The minimum Gasteiger partial charge on any atom is -0.391 e. The van der Waals surface area contributed by atoms with Crippen molar-refractivity contribution in [2.75, 3.05) is 18.4 Å². The van der Waals surface area contributed by atoms with Gasteiger partial charge in [-0.3, -0.25) is 9.78 Å². The zero-order chi connectivity index (χ0) is 19.0. The summed E-state index contributed by atoms with van der Waals surface area (Å²) >= 11 is 0. The minimum atomic E-state index is -0.489. The van der Waals surface area contributed by atoms with Crippen LogP contribution >= 0.6 is 0 Å². The monoisotopic (exact) mass is 370 g/mol. The Balaban J connectivity index is 1.43. The summed E-state index contributed by atoms with van der Waals surface area (Å²) in [6, 6.07) is 4.38. The summed E-state index contributed by atoms with van der Waals surface area (Å²) in [4.78, 5) is 22.9. The van der Waals surface area contributed by atoms with Gasteiger partial charge in [0.25, 0.3) is 5.91 Å². The summed E-state index contributed by atoms with van der Waals surface area (Å²) in [7, 11) is 0. The first kappa shape index (κ1) is 17.9. The van der Waals surface area contributed by atoms with Gasteiger partial charge in [-0.05, 0) is 55.4 Å². The lowest BCUT2D eigenvalue weighted by Gasteiger charge is -2.35. The van der Waals surface area contributed by atoms with E-state index in [4.69, 9.17) is 0 Å². The molecule has 1 saturated carbocycles. The number of carbonyl (C=O) groups is 1. The molecule has 4 atom stereocenters. The molecule has 1 aliphatic carbocycles. The second-order valence-electron chi connectivity index (χ2n) is 7.57. The number of rotatable bonds is 3. The predicted molar refractivity (Wildman–Crippen MR) is 98.7 cm³/mol. The lowest BCUT2D eigenvalue weighted by Crippen LogP contribution is -2.43. The van der Waals surface area contributed by atoms with Gasteiger partial charge in [0.2, 0.25) is 0 Å². The Labute approximate surface area is 157 Å². The van der Waals surface area contributed by atoms with Crippen molar-refractivity contribution in [2.24, 2.45) is 11.8 Å². The highest BCUT2D eigenvalue weighted by Gasteiger charge is 2.43. The Hall–Kier alpha value is -2.54. The van der Waals surface area contributed by atoms with Crippen molar-refractivity contribution in [1.29, 1.82) is 0 Å². The lowest BCUT2D eigenvalue weighted by molar-refractivity contribution is 0.0727. The van der Waals surface area contributed by atoms with E-state index in [1.165, 1.54) is 6.07 Å². The highest BCUT2D eigenvalue weighted by molar-refractivity contribution is 5.94. The number of fused-ring (bicyclic) bond motifs is 1. The molecule has 0 radical (unpaired) electrons. The van der Waals surface area contributed by atoms with Crippen LogP contribution in [0.25, 0.3) is 0 Å². The molecular formula is C20H23FN4O2. The smallest absolute Gasteiger partial charge is 0.253 e. The third-order valence-electron chi connectivity index (χ3n) is 5.73. The summed E-state index contributed by atoms with van der Waals surface area (Å²) in [5.74, 6) is 0.884. The molecule has 2 fully saturated rings. The number of aryl methyl sites for hydroxylation is 1. The summed E-state index contributed by atoms with van der Waals surface area (Å²) in [6.07, 6.45) is 5.79. The average Bonchev–Trinajstić information content (AvgIpc) is 3.07. The van der Waals surface area contributed by atoms with Gasteiger partial charge in [-0.1, -0.05) is 0 Å². The Kier molecular flexibility index (Phi) is 4.78.